The molecular formula is C10H8N2O3. The van der Waals surface area contributed by atoms with Crippen LogP contribution in [0.3, 0.4) is 0 Å². The minimum absolute atomic E-state index is 0.341. The molecule has 0 saturated heterocycles. The van der Waals surface area contributed by atoms with Crippen LogP contribution in [0.1, 0.15) is 10.6 Å². The Kier molecular flexibility index (Phi) is 2.21. The van der Waals surface area contributed by atoms with E-state index < -0.39 is 0 Å². The van der Waals surface area contributed by atoms with Crippen molar-refractivity contribution >= 4 is 23.8 Å². The summed E-state index contributed by atoms with van der Waals surface area (Å²) < 4.78 is 6.35. The lowest BCUT2D eigenvalue weighted by Crippen LogP contribution is -1.94. The lowest BCUT2D eigenvalue weighted by molar-refractivity contribution is -0.120. The molecule has 0 aliphatic carbocycles. The van der Waals surface area contributed by atoms with Crippen LogP contribution in [-0.2, 0) is 11.8 Å². The van der Waals surface area contributed by atoms with Crippen molar-refractivity contribution in [1.82, 2.24) is 9.55 Å². The first-order valence-electron chi connectivity index (χ1n) is 4.28. The summed E-state index contributed by atoms with van der Waals surface area (Å²) in [5.41, 5.74) is 1.44. The first-order chi connectivity index (χ1) is 7.26. The summed E-state index contributed by atoms with van der Waals surface area (Å²) in [5, 5.41) is 0. The van der Waals surface area contributed by atoms with E-state index in [9.17, 15) is 9.59 Å². The molecule has 0 radical (unpaired) electrons. The minimum atomic E-state index is 0.341. The molecule has 0 N–H and O–H groups in total. The molecule has 0 saturated carbocycles. The highest BCUT2D eigenvalue weighted by Crippen LogP contribution is 2.20. The normalized spacial score (nSPS) is 10.2. The Labute approximate surface area is 85.3 Å². The summed E-state index contributed by atoms with van der Waals surface area (Å²) in [6, 6.07) is 5.00. The van der Waals surface area contributed by atoms with E-state index in [1.165, 1.54) is 0 Å². The Balaban J connectivity index is 2.62. The van der Waals surface area contributed by atoms with E-state index in [1.54, 1.807) is 29.8 Å². The predicted octanol–water partition coefficient (Wildman–Crippen LogP) is 0.921. The van der Waals surface area contributed by atoms with Crippen molar-refractivity contribution in [2.75, 3.05) is 0 Å². The molecule has 2 rings (SSSR count). The Hall–Kier alpha value is -2.17. The van der Waals surface area contributed by atoms with E-state index in [4.69, 9.17) is 0 Å². The summed E-state index contributed by atoms with van der Waals surface area (Å²) in [6.45, 7) is 0.352. The average molecular weight is 204 g/mol. The summed E-state index contributed by atoms with van der Waals surface area (Å²) in [6.07, 6.45) is 0.681. The van der Waals surface area contributed by atoms with Gasteiger partial charge in [-0.1, -0.05) is 0 Å². The van der Waals surface area contributed by atoms with Crippen LogP contribution in [0.2, 0.25) is 0 Å². The number of nitrogens with zero attached hydrogens (tertiary/aromatic N) is 2. The summed E-state index contributed by atoms with van der Waals surface area (Å²) in [4.78, 5) is 24.8. The molecule has 0 aliphatic heterocycles. The smallest absolute Gasteiger partial charge is 0.298 e. The summed E-state index contributed by atoms with van der Waals surface area (Å²) >= 11 is 0. The van der Waals surface area contributed by atoms with Gasteiger partial charge in [0.05, 0.1) is 11.0 Å². The predicted molar refractivity (Wildman–Crippen MR) is 52.8 cm³/mol. The molecular weight excluding hydrogens is 196 g/mol. The molecule has 1 aromatic heterocycles. The summed E-state index contributed by atoms with van der Waals surface area (Å²) in [5.74, 6) is 0.751. The van der Waals surface area contributed by atoms with Gasteiger partial charge in [0.15, 0.2) is 12.1 Å². The second-order valence-corrected chi connectivity index (χ2v) is 3.01. The van der Waals surface area contributed by atoms with Crippen LogP contribution in [0.15, 0.2) is 18.2 Å². The molecule has 0 aliphatic rings. The van der Waals surface area contributed by atoms with E-state index in [2.05, 4.69) is 9.72 Å². The third-order valence-corrected chi connectivity index (χ3v) is 2.18. The zero-order chi connectivity index (χ0) is 10.8. The van der Waals surface area contributed by atoms with Gasteiger partial charge in [-0.05, 0) is 12.1 Å². The maximum atomic E-state index is 10.6. The van der Waals surface area contributed by atoms with Gasteiger partial charge in [-0.15, -0.1) is 0 Å². The van der Waals surface area contributed by atoms with Crippen LogP contribution in [0.25, 0.3) is 11.0 Å². The van der Waals surface area contributed by atoms with Gasteiger partial charge in [0.2, 0.25) is 0 Å². The number of hydrogen-bond donors (Lipinski definition) is 0. The van der Waals surface area contributed by atoms with Gasteiger partial charge >= 0.3 is 0 Å². The van der Waals surface area contributed by atoms with Crippen LogP contribution in [0, 0.1) is 0 Å². The van der Waals surface area contributed by atoms with Crippen molar-refractivity contribution in [3.63, 3.8) is 0 Å². The molecule has 5 nitrogen and oxygen atoms in total. The molecule has 2 aromatic rings. The van der Waals surface area contributed by atoms with Crippen molar-refractivity contribution in [3.05, 3.63) is 24.0 Å². The van der Waals surface area contributed by atoms with Gasteiger partial charge in [0, 0.05) is 13.1 Å². The SMILES string of the molecule is Cn1c(C=O)nc2cc(OC=O)ccc21. The van der Waals surface area contributed by atoms with E-state index in [0.717, 1.165) is 5.52 Å². The number of ether oxygens (including phenoxy) is 1. The maximum Gasteiger partial charge on any atom is 0.298 e. The molecule has 0 unspecified atom stereocenters. The first-order valence-corrected chi connectivity index (χ1v) is 4.28. The Morgan fingerprint density at radius 1 is 1.40 bits per heavy atom. The van der Waals surface area contributed by atoms with Gasteiger partial charge in [0.1, 0.15) is 5.75 Å². The lowest BCUT2D eigenvalue weighted by atomic mass is 10.3. The van der Waals surface area contributed by atoms with Crippen LogP contribution in [0.4, 0.5) is 0 Å². The number of carbonyl (C=O) groups is 2. The van der Waals surface area contributed by atoms with Crippen LogP contribution in [0.5, 0.6) is 5.75 Å². The number of benzene rings is 1. The number of rotatable bonds is 3. The fraction of sp³-hybridized carbons (Fsp3) is 0.100. The number of imidazole rings is 1. The van der Waals surface area contributed by atoms with Crippen LogP contribution < -0.4 is 4.74 Å². The van der Waals surface area contributed by atoms with Crippen molar-refractivity contribution < 1.29 is 14.3 Å². The number of aromatic nitrogens is 2. The highest BCUT2D eigenvalue weighted by molar-refractivity contribution is 5.84. The van der Waals surface area contributed by atoms with E-state index in [0.29, 0.717) is 29.8 Å². The molecule has 0 bridgehead atoms. The third-order valence-electron chi connectivity index (χ3n) is 2.18. The molecule has 5 heteroatoms. The number of fused-ring (bicyclic) bond motifs is 1. The quantitative estimate of drug-likeness (QED) is 0.697. The molecule has 15 heavy (non-hydrogen) atoms. The van der Waals surface area contributed by atoms with E-state index >= 15 is 0 Å². The Morgan fingerprint density at radius 3 is 2.87 bits per heavy atom. The van der Waals surface area contributed by atoms with Gasteiger partial charge in [0.25, 0.3) is 6.47 Å². The maximum absolute atomic E-state index is 10.6. The molecule has 0 fully saturated rings. The monoisotopic (exact) mass is 204 g/mol. The highest BCUT2D eigenvalue weighted by atomic mass is 16.5. The van der Waals surface area contributed by atoms with Crippen molar-refractivity contribution in [1.29, 1.82) is 0 Å². The second kappa shape index (κ2) is 3.53. The van der Waals surface area contributed by atoms with Crippen LogP contribution >= 0.6 is 0 Å². The topological polar surface area (TPSA) is 61.2 Å². The Bertz CT molecular complexity index is 531. The number of hydrogen-bond acceptors (Lipinski definition) is 4. The molecule has 1 aromatic carbocycles. The fourth-order valence-electron chi connectivity index (χ4n) is 1.43. The number of carbonyl (C=O) groups excluding carboxylic acids is 2. The van der Waals surface area contributed by atoms with Crippen LogP contribution in [-0.4, -0.2) is 22.3 Å². The Morgan fingerprint density at radius 2 is 2.20 bits per heavy atom. The molecule has 76 valence electrons. The molecule has 0 atom stereocenters. The largest absolute Gasteiger partial charge is 0.429 e. The van der Waals surface area contributed by atoms with Crippen molar-refractivity contribution in [3.8, 4) is 5.75 Å². The van der Waals surface area contributed by atoms with Gasteiger partial charge in [-0.25, -0.2) is 4.98 Å². The summed E-state index contributed by atoms with van der Waals surface area (Å²) in [7, 11) is 1.75. The number of aldehydes is 1. The molecule has 0 amide bonds. The van der Waals surface area contributed by atoms with Gasteiger partial charge in [-0.3, -0.25) is 9.59 Å². The fourth-order valence-corrected chi connectivity index (χ4v) is 1.43. The third kappa shape index (κ3) is 1.48. The van der Waals surface area contributed by atoms with Crippen molar-refractivity contribution in [2.45, 2.75) is 0 Å². The minimum Gasteiger partial charge on any atom is -0.429 e. The van der Waals surface area contributed by atoms with Gasteiger partial charge < -0.3 is 9.30 Å². The zero-order valence-corrected chi connectivity index (χ0v) is 8.01. The average Bonchev–Trinajstić information content (AvgIpc) is 2.56. The van der Waals surface area contributed by atoms with E-state index in [1.807, 2.05) is 0 Å². The second-order valence-electron chi connectivity index (χ2n) is 3.01. The highest BCUT2D eigenvalue weighted by Gasteiger charge is 2.07. The van der Waals surface area contributed by atoms with Gasteiger partial charge in [-0.2, -0.15) is 0 Å². The van der Waals surface area contributed by atoms with Crippen molar-refractivity contribution in [2.24, 2.45) is 7.05 Å². The lowest BCUT2D eigenvalue weighted by Gasteiger charge is -1.97. The molecule has 0 spiro atoms. The standard InChI is InChI=1S/C10H8N2O3/c1-12-9-3-2-7(15-6-14)4-8(9)11-10(12)5-13/h2-6H,1H3. The molecule has 1 heterocycles. The zero-order valence-electron chi connectivity index (χ0n) is 8.01. The first kappa shape index (κ1) is 9.39. The number of aryl methyl sites for hydroxylation is 1. The van der Waals surface area contributed by atoms with E-state index in [-0.39, 0.29) is 0 Å².